The molecule has 0 aliphatic carbocycles. The van der Waals surface area contributed by atoms with Gasteiger partial charge in [-0.1, -0.05) is 17.7 Å². The third kappa shape index (κ3) is 7.42. The molecule has 0 bridgehead atoms. The first kappa shape index (κ1) is 27.1. The maximum absolute atomic E-state index is 13.0. The number of rotatable bonds is 10. The minimum atomic E-state index is -4.51. The number of halogens is 5. The smallest absolute Gasteiger partial charge is 0.383 e. The largest absolute Gasteiger partial charge is 0.416 e. The molecule has 0 unspecified atom stereocenters. The fourth-order valence-corrected chi connectivity index (χ4v) is 3.12. The predicted octanol–water partition coefficient (Wildman–Crippen LogP) is 3.85. The highest BCUT2D eigenvalue weighted by Gasteiger charge is 2.30. The summed E-state index contributed by atoms with van der Waals surface area (Å²) in [4.78, 5) is 25.1. The van der Waals surface area contributed by atoms with Crippen LogP contribution in [0.5, 0.6) is 0 Å². The van der Waals surface area contributed by atoms with Gasteiger partial charge in [0.05, 0.1) is 17.2 Å². The summed E-state index contributed by atoms with van der Waals surface area (Å²) in [5.74, 6) is -0.463. The van der Waals surface area contributed by atoms with E-state index in [1.54, 1.807) is 0 Å². The summed E-state index contributed by atoms with van der Waals surface area (Å²) in [6, 6.07) is 8.56. The zero-order chi connectivity index (χ0) is 25.3. The highest BCUT2D eigenvalue weighted by molar-refractivity contribution is 6.35. The maximum atomic E-state index is 13.0. The van der Waals surface area contributed by atoms with Gasteiger partial charge in [-0.2, -0.15) is 18.3 Å². The van der Waals surface area contributed by atoms with Crippen LogP contribution >= 0.6 is 11.6 Å². The third-order valence-corrected chi connectivity index (χ3v) is 4.92. The first-order valence-electron chi connectivity index (χ1n) is 9.92. The van der Waals surface area contributed by atoms with Gasteiger partial charge in [0.15, 0.2) is 5.84 Å². The Kier molecular flexibility index (Phi) is 9.82. The Bertz CT molecular complexity index is 1020. The number of hydrogen-bond donors (Lipinski definition) is 1. The van der Waals surface area contributed by atoms with Gasteiger partial charge in [0.25, 0.3) is 0 Å². The van der Waals surface area contributed by atoms with Crippen molar-refractivity contribution in [1.29, 1.82) is 0 Å². The van der Waals surface area contributed by atoms with Crippen LogP contribution in [0.4, 0.5) is 23.2 Å². The molecule has 0 fully saturated rings. The highest BCUT2D eigenvalue weighted by Crippen LogP contribution is 2.31. The van der Waals surface area contributed by atoms with Crippen LogP contribution in [-0.4, -0.2) is 57.0 Å². The monoisotopic (exact) mass is 502 g/mol. The summed E-state index contributed by atoms with van der Waals surface area (Å²) < 4.78 is 56.7. The van der Waals surface area contributed by atoms with Gasteiger partial charge in [0.2, 0.25) is 12.3 Å². The summed E-state index contributed by atoms with van der Waals surface area (Å²) in [6.07, 6.45) is -4.19. The van der Waals surface area contributed by atoms with Gasteiger partial charge in [0, 0.05) is 32.0 Å². The molecule has 0 atom stereocenters. The van der Waals surface area contributed by atoms with Crippen LogP contribution in [0.2, 0.25) is 5.02 Å². The van der Waals surface area contributed by atoms with Gasteiger partial charge in [-0.15, -0.1) is 0 Å². The van der Waals surface area contributed by atoms with Crippen molar-refractivity contribution in [2.24, 2.45) is 5.10 Å². The van der Waals surface area contributed by atoms with Crippen LogP contribution < -0.4 is 10.2 Å². The second-order valence-corrected chi connectivity index (χ2v) is 7.43. The average Bonchev–Trinajstić information content (AvgIpc) is 2.81. The topological polar surface area (TPSA) is 74.2 Å². The fraction of sp³-hybridized carbons (Fsp3) is 0.318. The number of alkyl halides is 4. The van der Waals surface area contributed by atoms with Gasteiger partial charge in [-0.3, -0.25) is 9.59 Å². The molecule has 0 heterocycles. The molecule has 34 heavy (non-hydrogen) atoms. The van der Waals surface area contributed by atoms with E-state index >= 15 is 0 Å². The number of hydrazone groups is 1. The lowest BCUT2D eigenvalue weighted by atomic mass is 10.1. The van der Waals surface area contributed by atoms with Crippen molar-refractivity contribution >= 4 is 35.4 Å². The van der Waals surface area contributed by atoms with Gasteiger partial charge >= 0.3 is 6.18 Å². The van der Waals surface area contributed by atoms with Crippen LogP contribution in [0.3, 0.4) is 0 Å². The second kappa shape index (κ2) is 12.3. The molecule has 1 N–H and O–H groups in total. The van der Waals surface area contributed by atoms with Gasteiger partial charge in [0.1, 0.15) is 13.2 Å². The molecule has 0 saturated heterocycles. The van der Waals surface area contributed by atoms with Crippen LogP contribution in [-0.2, 0) is 27.2 Å². The van der Waals surface area contributed by atoms with E-state index in [1.165, 1.54) is 49.4 Å². The molecule has 2 aromatic rings. The number of hydrogen-bond acceptors (Lipinski definition) is 4. The summed E-state index contributed by atoms with van der Waals surface area (Å²) in [7, 11) is 2.97. The van der Waals surface area contributed by atoms with E-state index in [9.17, 15) is 27.2 Å². The van der Waals surface area contributed by atoms with E-state index in [0.29, 0.717) is 17.7 Å². The number of methoxy groups -OCH3 is 1. The van der Waals surface area contributed by atoms with Crippen molar-refractivity contribution < 1.29 is 31.9 Å². The number of carbonyl (C=O) groups excluding carboxylic acids is 2. The molecule has 0 radical (unpaired) electrons. The molecule has 184 valence electrons. The zero-order valence-electron chi connectivity index (χ0n) is 18.4. The van der Waals surface area contributed by atoms with Crippen LogP contribution in [0.25, 0.3) is 0 Å². The predicted molar refractivity (Wildman–Crippen MR) is 120 cm³/mol. The molecule has 2 amide bonds. The Morgan fingerprint density at radius 1 is 1.21 bits per heavy atom. The SMILES string of the molecule is COCCNC(=O)CN(C=O)/N=C(/c1ccc(CF)cc1Cl)N(C)c1ccc(C(F)(F)F)cc1. The third-order valence-electron chi connectivity index (χ3n) is 4.61. The summed E-state index contributed by atoms with van der Waals surface area (Å²) in [5, 5.41) is 7.68. The molecule has 7 nitrogen and oxygen atoms in total. The molecule has 0 saturated carbocycles. The lowest BCUT2D eigenvalue weighted by Crippen LogP contribution is -2.38. The maximum Gasteiger partial charge on any atom is 0.416 e. The minimum absolute atomic E-state index is 0.0481. The number of benzene rings is 2. The number of amides is 2. The van der Waals surface area contributed by atoms with E-state index < -0.39 is 30.9 Å². The molecule has 0 aliphatic heterocycles. The van der Waals surface area contributed by atoms with Crippen LogP contribution in [0.15, 0.2) is 47.6 Å². The molecule has 2 rings (SSSR count). The Labute approximate surface area is 198 Å². The van der Waals surface area contributed by atoms with E-state index in [4.69, 9.17) is 16.3 Å². The highest BCUT2D eigenvalue weighted by atomic mass is 35.5. The molecular formula is C22H23ClF4N4O3. The Morgan fingerprint density at radius 2 is 1.88 bits per heavy atom. The summed E-state index contributed by atoms with van der Waals surface area (Å²) in [6.45, 7) is -0.698. The quantitative estimate of drug-likeness (QED) is 0.134. The van der Waals surface area contributed by atoms with Crippen molar-refractivity contribution in [2.75, 3.05) is 38.8 Å². The summed E-state index contributed by atoms with van der Waals surface area (Å²) >= 11 is 6.31. The van der Waals surface area contributed by atoms with Crippen LogP contribution in [0.1, 0.15) is 16.7 Å². The number of ether oxygens (including phenoxy) is 1. The van der Waals surface area contributed by atoms with Crippen molar-refractivity contribution in [3.05, 3.63) is 64.2 Å². The average molecular weight is 503 g/mol. The minimum Gasteiger partial charge on any atom is -0.383 e. The molecule has 2 aromatic carbocycles. The molecule has 0 aliphatic rings. The van der Waals surface area contributed by atoms with Crippen LogP contribution in [0, 0.1) is 0 Å². The van der Waals surface area contributed by atoms with Gasteiger partial charge in [-0.25, -0.2) is 9.40 Å². The van der Waals surface area contributed by atoms with E-state index in [2.05, 4.69) is 10.4 Å². The zero-order valence-corrected chi connectivity index (χ0v) is 19.2. The molecular weight excluding hydrogens is 480 g/mol. The van der Waals surface area contributed by atoms with E-state index in [-0.39, 0.29) is 29.6 Å². The second-order valence-electron chi connectivity index (χ2n) is 7.02. The number of nitrogens with zero attached hydrogens (tertiary/aromatic N) is 3. The fourth-order valence-electron chi connectivity index (χ4n) is 2.83. The summed E-state index contributed by atoms with van der Waals surface area (Å²) in [5.41, 5.74) is 0.0338. The van der Waals surface area contributed by atoms with E-state index in [1.807, 2.05) is 0 Å². The standard InChI is InChI=1S/C22H23ClF4N4O3/c1-30(17-6-4-16(5-7-17)22(25,26)27)21(18-8-3-15(12-24)11-19(18)23)29-31(14-32)13-20(33)28-9-10-34-2/h3-8,11,14H,9-10,12-13H2,1-2H3,(H,28,33)/b29-21-. The first-order valence-corrected chi connectivity index (χ1v) is 10.3. The number of carbonyl (C=O) groups is 2. The number of anilines is 1. The van der Waals surface area contributed by atoms with Crippen molar-refractivity contribution in [3.63, 3.8) is 0 Å². The number of amidine groups is 1. The Morgan fingerprint density at radius 3 is 2.41 bits per heavy atom. The lowest BCUT2D eigenvalue weighted by Gasteiger charge is -2.25. The molecule has 0 spiro atoms. The number of nitrogens with one attached hydrogen (secondary N) is 1. The van der Waals surface area contributed by atoms with Gasteiger partial charge in [-0.05, 0) is 42.0 Å². The van der Waals surface area contributed by atoms with Gasteiger partial charge < -0.3 is 15.0 Å². The molecule has 12 heteroatoms. The lowest BCUT2D eigenvalue weighted by molar-refractivity contribution is -0.137. The van der Waals surface area contributed by atoms with Crippen molar-refractivity contribution in [1.82, 2.24) is 10.3 Å². The van der Waals surface area contributed by atoms with Crippen molar-refractivity contribution in [2.45, 2.75) is 12.9 Å². The Hall–Kier alpha value is -3.18. The van der Waals surface area contributed by atoms with Crippen molar-refractivity contribution in [3.8, 4) is 0 Å². The molecule has 0 aromatic heterocycles. The van der Waals surface area contributed by atoms with E-state index in [0.717, 1.165) is 17.1 Å². The first-order chi connectivity index (χ1) is 16.1. The normalized spacial score (nSPS) is 11.8. The Balaban J connectivity index is 2.44.